The minimum Gasteiger partial charge on any atom is -0.482 e. The molecule has 0 saturated carbocycles. The number of hydrogen-bond donors (Lipinski definition) is 3. The zero-order valence-electron chi connectivity index (χ0n) is 15.0. The molecule has 27 heavy (non-hydrogen) atoms. The highest BCUT2D eigenvalue weighted by Crippen LogP contribution is 2.28. The molecule has 142 valence electrons. The van der Waals surface area contributed by atoms with E-state index in [1.165, 1.54) is 0 Å². The highest BCUT2D eigenvalue weighted by molar-refractivity contribution is 5.95. The number of ether oxygens (including phenoxy) is 2. The highest BCUT2D eigenvalue weighted by atomic mass is 16.5. The molecule has 0 radical (unpaired) electrons. The van der Waals surface area contributed by atoms with Gasteiger partial charge in [-0.25, -0.2) is 4.98 Å². The lowest BCUT2D eigenvalue weighted by Gasteiger charge is -2.18. The summed E-state index contributed by atoms with van der Waals surface area (Å²) in [5.74, 6) is -0.237. The van der Waals surface area contributed by atoms with Gasteiger partial charge in [0.1, 0.15) is 5.75 Å². The Hall–Kier alpha value is -3.20. The van der Waals surface area contributed by atoms with Crippen molar-refractivity contribution >= 4 is 17.5 Å². The minimum absolute atomic E-state index is 0.0143. The van der Waals surface area contributed by atoms with Crippen molar-refractivity contribution in [3.05, 3.63) is 51.2 Å². The number of aromatic amines is 1. The summed E-state index contributed by atoms with van der Waals surface area (Å²) >= 11 is 0. The van der Waals surface area contributed by atoms with Crippen LogP contribution in [0.2, 0.25) is 0 Å². The first-order valence-electron chi connectivity index (χ1n) is 8.49. The molecular weight excluding hydrogens is 352 g/mol. The Balaban J connectivity index is 1.71. The number of hydrogen-bond acceptors (Lipinski definition) is 6. The molecule has 0 fully saturated rings. The first-order valence-corrected chi connectivity index (χ1v) is 8.49. The van der Waals surface area contributed by atoms with Gasteiger partial charge >= 0.3 is 0 Å². The topological polar surface area (TPSA) is 122 Å². The number of carbonyl (C=O) groups is 2. The predicted molar refractivity (Wildman–Crippen MR) is 96.7 cm³/mol. The summed E-state index contributed by atoms with van der Waals surface area (Å²) in [4.78, 5) is 42.4. The second-order valence-electron chi connectivity index (χ2n) is 5.97. The SMILES string of the molecule is CCOCc1nc(C(=O)NCc2ccc3c(c2)NC(=O)CO3)[nH]c(=O)c1C. The first-order chi connectivity index (χ1) is 13.0. The molecule has 9 heteroatoms. The first kappa shape index (κ1) is 18.6. The summed E-state index contributed by atoms with van der Waals surface area (Å²) in [7, 11) is 0. The Morgan fingerprint density at radius 1 is 1.37 bits per heavy atom. The zero-order valence-corrected chi connectivity index (χ0v) is 15.0. The van der Waals surface area contributed by atoms with Gasteiger partial charge in [-0.15, -0.1) is 0 Å². The van der Waals surface area contributed by atoms with Crippen molar-refractivity contribution in [3.8, 4) is 5.75 Å². The van der Waals surface area contributed by atoms with Crippen LogP contribution >= 0.6 is 0 Å². The van der Waals surface area contributed by atoms with Gasteiger partial charge < -0.3 is 25.1 Å². The fourth-order valence-electron chi connectivity index (χ4n) is 2.53. The number of fused-ring (bicyclic) bond motifs is 1. The van der Waals surface area contributed by atoms with Crippen molar-refractivity contribution in [2.45, 2.75) is 27.0 Å². The van der Waals surface area contributed by atoms with Crippen LogP contribution in [0.4, 0.5) is 5.69 Å². The van der Waals surface area contributed by atoms with Gasteiger partial charge in [0, 0.05) is 18.7 Å². The molecule has 1 aromatic heterocycles. The van der Waals surface area contributed by atoms with Crippen molar-refractivity contribution in [3.63, 3.8) is 0 Å². The summed E-state index contributed by atoms with van der Waals surface area (Å²) in [5, 5.41) is 5.41. The monoisotopic (exact) mass is 372 g/mol. The normalized spacial score (nSPS) is 12.7. The Kier molecular flexibility index (Phi) is 5.51. The molecule has 0 saturated heterocycles. The Labute approximate surface area is 155 Å². The van der Waals surface area contributed by atoms with E-state index in [1.54, 1.807) is 25.1 Å². The van der Waals surface area contributed by atoms with E-state index in [0.29, 0.717) is 29.3 Å². The van der Waals surface area contributed by atoms with Crippen LogP contribution in [-0.4, -0.2) is 35.0 Å². The van der Waals surface area contributed by atoms with Gasteiger partial charge in [0.2, 0.25) is 0 Å². The highest BCUT2D eigenvalue weighted by Gasteiger charge is 2.17. The molecule has 0 aliphatic carbocycles. The molecule has 3 rings (SSSR count). The average Bonchev–Trinajstić information content (AvgIpc) is 2.66. The largest absolute Gasteiger partial charge is 0.482 e. The molecule has 1 aliphatic rings. The zero-order chi connectivity index (χ0) is 19.4. The van der Waals surface area contributed by atoms with Crippen LogP contribution in [0, 0.1) is 6.92 Å². The molecule has 0 bridgehead atoms. The van der Waals surface area contributed by atoms with Gasteiger partial charge in [-0.1, -0.05) is 6.07 Å². The Bertz CT molecular complexity index is 938. The summed E-state index contributed by atoms with van der Waals surface area (Å²) < 4.78 is 10.6. The van der Waals surface area contributed by atoms with Crippen LogP contribution in [0.3, 0.4) is 0 Å². The van der Waals surface area contributed by atoms with E-state index < -0.39 is 5.91 Å². The summed E-state index contributed by atoms with van der Waals surface area (Å²) in [5.41, 5.74) is 1.79. The van der Waals surface area contributed by atoms with Crippen molar-refractivity contribution in [2.24, 2.45) is 0 Å². The van der Waals surface area contributed by atoms with Crippen LogP contribution in [0.25, 0.3) is 0 Å². The van der Waals surface area contributed by atoms with Crippen LogP contribution in [-0.2, 0) is 22.7 Å². The molecular formula is C18H20N4O5. The van der Waals surface area contributed by atoms with Gasteiger partial charge in [0.05, 0.1) is 18.0 Å². The quantitative estimate of drug-likeness (QED) is 0.692. The van der Waals surface area contributed by atoms with E-state index in [2.05, 4.69) is 20.6 Å². The fraction of sp³-hybridized carbons (Fsp3) is 0.333. The molecule has 2 amide bonds. The third-order valence-corrected chi connectivity index (χ3v) is 4.04. The van der Waals surface area contributed by atoms with E-state index in [9.17, 15) is 14.4 Å². The van der Waals surface area contributed by atoms with Crippen molar-refractivity contribution in [1.29, 1.82) is 0 Å². The van der Waals surface area contributed by atoms with Gasteiger partial charge in [-0.2, -0.15) is 0 Å². The van der Waals surface area contributed by atoms with Crippen LogP contribution in [0.15, 0.2) is 23.0 Å². The third-order valence-electron chi connectivity index (χ3n) is 4.04. The number of anilines is 1. The van der Waals surface area contributed by atoms with Gasteiger partial charge in [-0.3, -0.25) is 14.4 Å². The molecule has 3 N–H and O–H groups in total. The smallest absolute Gasteiger partial charge is 0.287 e. The second kappa shape index (κ2) is 8.00. The standard InChI is InChI=1S/C18H20N4O5/c1-3-26-8-13-10(2)17(24)22-16(21-13)18(25)19-7-11-4-5-14-12(6-11)20-15(23)9-27-14/h4-6H,3,7-9H2,1-2H3,(H,19,25)(H,20,23)(H,21,22,24). The lowest BCUT2D eigenvalue weighted by atomic mass is 10.1. The lowest BCUT2D eigenvalue weighted by molar-refractivity contribution is -0.118. The van der Waals surface area contributed by atoms with E-state index >= 15 is 0 Å². The molecule has 0 atom stereocenters. The maximum atomic E-state index is 12.4. The summed E-state index contributed by atoms with van der Waals surface area (Å²) in [6.07, 6.45) is 0. The van der Waals surface area contributed by atoms with Gasteiger partial charge in [-0.05, 0) is 31.5 Å². The molecule has 1 aliphatic heterocycles. The maximum absolute atomic E-state index is 12.4. The average molecular weight is 372 g/mol. The number of benzene rings is 1. The number of aromatic nitrogens is 2. The molecule has 0 unspecified atom stereocenters. The lowest BCUT2D eigenvalue weighted by Crippen LogP contribution is -2.29. The van der Waals surface area contributed by atoms with Crippen molar-refractivity contribution in [2.75, 3.05) is 18.5 Å². The molecule has 1 aromatic carbocycles. The van der Waals surface area contributed by atoms with Crippen molar-refractivity contribution in [1.82, 2.24) is 15.3 Å². The van der Waals surface area contributed by atoms with E-state index in [4.69, 9.17) is 9.47 Å². The minimum atomic E-state index is -0.511. The van der Waals surface area contributed by atoms with E-state index in [0.717, 1.165) is 5.56 Å². The van der Waals surface area contributed by atoms with Crippen LogP contribution < -0.4 is 20.9 Å². The number of nitrogens with zero attached hydrogens (tertiary/aromatic N) is 1. The molecule has 2 aromatic rings. The number of carbonyl (C=O) groups excluding carboxylic acids is 2. The number of nitrogens with one attached hydrogen (secondary N) is 3. The second-order valence-corrected chi connectivity index (χ2v) is 5.97. The van der Waals surface area contributed by atoms with Crippen LogP contribution in [0.5, 0.6) is 5.75 Å². The Morgan fingerprint density at radius 2 is 2.19 bits per heavy atom. The summed E-state index contributed by atoms with van der Waals surface area (Å²) in [6.45, 7) is 4.29. The number of rotatable bonds is 6. The van der Waals surface area contributed by atoms with Crippen LogP contribution in [0.1, 0.15) is 34.4 Å². The number of H-pyrrole nitrogens is 1. The fourth-order valence-corrected chi connectivity index (χ4v) is 2.53. The van der Waals surface area contributed by atoms with E-state index in [1.807, 2.05) is 6.92 Å². The Morgan fingerprint density at radius 3 is 2.96 bits per heavy atom. The predicted octanol–water partition coefficient (Wildman–Crippen LogP) is 0.876. The van der Waals surface area contributed by atoms with Gasteiger partial charge in [0.25, 0.3) is 17.4 Å². The third kappa shape index (κ3) is 4.32. The molecule has 9 nitrogen and oxygen atoms in total. The maximum Gasteiger partial charge on any atom is 0.287 e. The molecule has 2 heterocycles. The van der Waals surface area contributed by atoms with E-state index in [-0.39, 0.29) is 37.0 Å². The number of amides is 2. The van der Waals surface area contributed by atoms with Crippen molar-refractivity contribution < 1.29 is 19.1 Å². The molecule has 0 spiro atoms. The van der Waals surface area contributed by atoms with Gasteiger partial charge in [0.15, 0.2) is 12.4 Å². The summed E-state index contributed by atoms with van der Waals surface area (Å²) in [6, 6.07) is 5.23.